The van der Waals surface area contributed by atoms with E-state index in [-0.39, 0.29) is 10.6 Å². The maximum atomic E-state index is 13.3. The van der Waals surface area contributed by atoms with Gasteiger partial charge in [-0.3, -0.25) is 14.1 Å². The molecule has 3 rings (SSSR count). The van der Waals surface area contributed by atoms with E-state index in [1.807, 2.05) is 6.92 Å². The predicted octanol–water partition coefficient (Wildman–Crippen LogP) is 3.36. The summed E-state index contributed by atoms with van der Waals surface area (Å²) < 4.78 is 40.6. The summed E-state index contributed by atoms with van der Waals surface area (Å²) in [5.41, 5.74) is 1.53. The topological polar surface area (TPSA) is 79.4 Å². The number of halogens is 1. The molecule has 2 aromatic carbocycles. The molecule has 144 valence electrons. The molecule has 0 bridgehead atoms. The lowest BCUT2D eigenvalue weighted by atomic mass is 10.2. The van der Waals surface area contributed by atoms with Gasteiger partial charge in [0.2, 0.25) is 5.91 Å². The second kappa shape index (κ2) is 8.18. The third kappa shape index (κ3) is 4.52. The number of sulfonamides is 1. The Morgan fingerprint density at radius 2 is 1.75 bits per heavy atom. The molecule has 1 heterocycles. The Morgan fingerprint density at radius 1 is 1.07 bits per heavy atom. The second-order valence-electron chi connectivity index (χ2n) is 6.09. The number of carbonyl (C=O) groups excluding carboxylic acids is 1. The smallest absolute Gasteiger partial charge is 0.264 e. The molecular weight excluding hydrogens is 381 g/mol. The van der Waals surface area contributed by atoms with Crippen molar-refractivity contribution in [1.82, 2.24) is 4.98 Å². The van der Waals surface area contributed by atoms with E-state index in [0.717, 1.165) is 22.0 Å². The zero-order chi connectivity index (χ0) is 20.1. The zero-order valence-corrected chi connectivity index (χ0v) is 15.9. The summed E-state index contributed by atoms with van der Waals surface area (Å²) in [6.07, 6.45) is 3.01. The van der Waals surface area contributed by atoms with Crippen LogP contribution in [-0.4, -0.2) is 25.9 Å². The number of aryl methyl sites for hydroxylation is 1. The van der Waals surface area contributed by atoms with Gasteiger partial charge >= 0.3 is 0 Å². The average molecular weight is 399 g/mol. The SMILES string of the molecule is Cc1ccc(S(=O)(=O)N(CC(=O)Nc2cccnc2)c2ccc(F)cc2)cc1. The molecule has 28 heavy (non-hydrogen) atoms. The summed E-state index contributed by atoms with van der Waals surface area (Å²) in [7, 11) is -4.04. The van der Waals surface area contributed by atoms with E-state index < -0.39 is 28.3 Å². The number of rotatable bonds is 6. The molecule has 0 spiro atoms. The van der Waals surface area contributed by atoms with Crippen LogP contribution < -0.4 is 9.62 Å². The molecule has 0 aliphatic rings. The van der Waals surface area contributed by atoms with Crippen molar-refractivity contribution in [2.45, 2.75) is 11.8 Å². The number of carbonyl (C=O) groups is 1. The number of amides is 1. The van der Waals surface area contributed by atoms with Gasteiger partial charge in [0, 0.05) is 6.20 Å². The minimum absolute atomic E-state index is 0.0385. The molecule has 0 atom stereocenters. The van der Waals surface area contributed by atoms with Crippen molar-refractivity contribution in [3.05, 3.63) is 84.4 Å². The molecule has 3 aromatic rings. The highest BCUT2D eigenvalue weighted by molar-refractivity contribution is 7.92. The van der Waals surface area contributed by atoms with Crippen LogP contribution in [0.3, 0.4) is 0 Å². The largest absolute Gasteiger partial charge is 0.323 e. The van der Waals surface area contributed by atoms with Gasteiger partial charge in [0.25, 0.3) is 10.0 Å². The third-order valence-corrected chi connectivity index (χ3v) is 5.74. The highest BCUT2D eigenvalue weighted by atomic mass is 32.2. The molecule has 0 saturated heterocycles. The summed E-state index contributed by atoms with van der Waals surface area (Å²) >= 11 is 0. The van der Waals surface area contributed by atoms with Crippen LogP contribution in [0.5, 0.6) is 0 Å². The summed E-state index contributed by atoms with van der Waals surface area (Å²) in [4.78, 5) is 16.4. The summed E-state index contributed by atoms with van der Waals surface area (Å²) in [6, 6.07) is 14.5. The Bertz CT molecular complexity index is 1050. The van der Waals surface area contributed by atoms with Crippen molar-refractivity contribution in [3.8, 4) is 0 Å². The number of nitrogens with one attached hydrogen (secondary N) is 1. The Kier molecular flexibility index (Phi) is 5.70. The fourth-order valence-electron chi connectivity index (χ4n) is 2.53. The average Bonchev–Trinajstić information content (AvgIpc) is 2.68. The van der Waals surface area contributed by atoms with Gasteiger partial charge in [-0.05, 0) is 55.5 Å². The molecule has 0 unspecified atom stereocenters. The first-order chi connectivity index (χ1) is 13.4. The van der Waals surface area contributed by atoms with Crippen LogP contribution in [0.15, 0.2) is 78.0 Å². The van der Waals surface area contributed by atoms with Gasteiger partial charge in [-0.25, -0.2) is 12.8 Å². The Balaban J connectivity index is 1.94. The number of nitrogens with zero attached hydrogens (tertiary/aromatic N) is 2. The lowest BCUT2D eigenvalue weighted by Crippen LogP contribution is -2.38. The highest BCUT2D eigenvalue weighted by Crippen LogP contribution is 2.24. The number of benzene rings is 2. The van der Waals surface area contributed by atoms with Crippen molar-refractivity contribution < 1.29 is 17.6 Å². The first kappa shape index (κ1) is 19.5. The van der Waals surface area contributed by atoms with Crippen LogP contribution in [-0.2, 0) is 14.8 Å². The second-order valence-corrected chi connectivity index (χ2v) is 7.95. The lowest BCUT2D eigenvalue weighted by Gasteiger charge is -2.24. The van der Waals surface area contributed by atoms with E-state index in [1.165, 1.54) is 30.5 Å². The fraction of sp³-hybridized carbons (Fsp3) is 0.100. The van der Waals surface area contributed by atoms with E-state index in [4.69, 9.17) is 0 Å². The van der Waals surface area contributed by atoms with Gasteiger partial charge in [-0.1, -0.05) is 17.7 Å². The van der Waals surface area contributed by atoms with Crippen LogP contribution >= 0.6 is 0 Å². The normalized spacial score (nSPS) is 11.1. The third-order valence-electron chi connectivity index (χ3n) is 3.96. The zero-order valence-electron chi connectivity index (χ0n) is 15.0. The number of aromatic nitrogens is 1. The molecule has 6 nitrogen and oxygen atoms in total. The van der Waals surface area contributed by atoms with Crippen molar-refractivity contribution in [2.75, 3.05) is 16.2 Å². The van der Waals surface area contributed by atoms with Crippen LogP contribution in [0.1, 0.15) is 5.56 Å². The van der Waals surface area contributed by atoms with E-state index in [2.05, 4.69) is 10.3 Å². The van der Waals surface area contributed by atoms with E-state index in [1.54, 1.807) is 30.5 Å². The maximum absolute atomic E-state index is 13.3. The predicted molar refractivity (Wildman–Crippen MR) is 105 cm³/mol. The van der Waals surface area contributed by atoms with Crippen molar-refractivity contribution in [1.29, 1.82) is 0 Å². The van der Waals surface area contributed by atoms with Gasteiger partial charge in [0.05, 0.1) is 22.5 Å². The van der Waals surface area contributed by atoms with Gasteiger partial charge < -0.3 is 5.32 Å². The lowest BCUT2D eigenvalue weighted by molar-refractivity contribution is -0.114. The molecule has 1 aromatic heterocycles. The molecule has 0 radical (unpaired) electrons. The van der Waals surface area contributed by atoms with E-state index in [0.29, 0.717) is 5.69 Å². The first-order valence-electron chi connectivity index (χ1n) is 8.41. The summed E-state index contributed by atoms with van der Waals surface area (Å²) in [5, 5.41) is 2.60. The number of anilines is 2. The molecule has 0 fully saturated rings. The van der Waals surface area contributed by atoms with Crippen molar-refractivity contribution in [2.24, 2.45) is 0 Å². The first-order valence-corrected chi connectivity index (χ1v) is 9.85. The summed E-state index contributed by atoms with van der Waals surface area (Å²) in [6.45, 7) is 1.37. The minimum Gasteiger partial charge on any atom is -0.323 e. The number of pyridine rings is 1. The standard InChI is InChI=1S/C20H18FN3O3S/c1-15-4-10-19(11-5-15)28(26,27)24(18-8-6-16(21)7-9-18)14-20(25)23-17-3-2-12-22-13-17/h2-13H,14H2,1H3,(H,23,25). The van der Waals surface area contributed by atoms with Gasteiger partial charge in [-0.15, -0.1) is 0 Å². The van der Waals surface area contributed by atoms with Crippen molar-refractivity contribution >= 4 is 27.3 Å². The van der Waals surface area contributed by atoms with Gasteiger partial charge in [-0.2, -0.15) is 0 Å². The van der Waals surface area contributed by atoms with E-state index >= 15 is 0 Å². The molecule has 0 saturated carbocycles. The Labute approximate surface area is 162 Å². The fourth-order valence-corrected chi connectivity index (χ4v) is 3.95. The van der Waals surface area contributed by atoms with Crippen molar-refractivity contribution in [3.63, 3.8) is 0 Å². The molecular formula is C20H18FN3O3S. The molecule has 1 N–H and O–H groups in total. The Hall–Kier alpha value is -3.26. The summed E-state index contributed by atoms with van der Waals surface area (Å²) in [5.74, 6) is -1.05. The molecule has 0 aliphatic carbocycles. The Morgan fingerprint density at radius 3 is 2.36 bits per heavy atom. The van der Waals surface area contributed by atoms with Crippen LogP contribution in [0.4, 0.5) is 15.8 Å². The van der Waals surface area contributed by atoms with Crippen LogP contribution in [0, 0.1) is 12.7 Å². The number of hydrogen-bond donors (Lipinski definition) is 1. The van der Waals surface area contributed by atoms with Gasteiger partial charge in [0.15, 0.2) is 0 Å². The van der Waals surface area contributed by atoms with Crippen LogP contribution in [0.25, 0.3) is 0 Å². The van der Waals surface area contributed by atoms with Gasteiger partial charge in [0.1, 0.15) is 12.4 Å². The number of hydrogen-bond acceptors (Lipinski definition) is 4. The highest BCUT2D eigenvalue weighted by Gasteiger charge is 2.27. The van der Waals surface area contributed by atoms with Crippen LogP contribution in [0.2, 0.25) is 0 Å². The molecule has 8 heteroatoms. The minimum atomic E-state index is -4.04. The molecule has 0 aliphatic heterocycles. The quantitative estimate of drug-likeness (QED) is 0.689. The maximum Gasteiger partial charge on any atom is 0.264 e. The monoisotopic (exact) mass is 399 g/mol. The molecule has 1 amide bonds. The van der Waals surface area contributed by atoms with E-state index in [9.17, 15) is 17.6 Å².